The number of aryl methyl sites for hydroxylation is 1. The molecule has 0 radical (unpaired) electrons. The Morgan fingerprint density at radius 3 is 2.48 bits per heavy atom. The Labute approximate surface area is 135 Å². The first-order valence-electron chi connectivity index (χ1n) is 7.53. The number of nitrogens with zero attached hydrogens (tertiary/aromatic N) is 1. The number of nitrogens with one attached hydrogen (secondary N) is 2. The summed E-state index contributed by atoms with van der Waals surface area (Å²) in [4.78, 5) is 24.5. The first-order valence-corrected chi connectivity index (χ1v) is 7.53. The lowest BCUT2D eigenvalue weighted by atomic mass is 10.0. The lowest BCUT2D eigenvalue weighted by Gasteiger charge is -2.21. The molecule has 23 heavy (non-hydrogen) atoms. The molecule has 2 rings (SSSR count). The van der Waals surface area contributed by atoms with E-state index in [1.165, 1.54) is 0 Å². The lowest BCUT2D eigenvalue weighted by molar-refractivity contribution is -0.127. The lowest BCUT2D eigenvalue weighted by Crippen LogP contribution is -2.47. The van der Waals surface area contributed by atoms with Gasteiger partial charge in [0.25, 0.3) is 0 Å². The van der Waals surface area contributed by atoms with Crippen LogP contribution in [0.2, 0.25) is 0 Å². The van der Waals surface area contributed by atoms with Gasteiger partial charge in [0.15, 0.2) is 5.82 Å². The number of carbonyl (C=O) groups excluding carboxylic acids is 2. The van der Waals surface area contributed by atoms with E-state index >= 15 is 0 Å². The van der Waals surface area contributed by atoms with Crippen molar-refractivity contribution in [2.75, 3.05) is 5.32 Å². The molecule has 0 aliphatic rings. The van der Waals surface area contributed by atoms with Gasteiger partial charge in [-0.3, -0.25) is 9.59 Å². The molecular formula is C17H21N3O3. The Morgan fingerprint density at radius 2 is 1.91 bits per heavy atom. The third-order valence-corrected chi connectivity index (χ3v) is 3.35. The van der Waals surface area contributed by atoms with Crippen LogP contribution in [0, 0.1) is 12.8 Å². The van der Waals surface area contributed by atoms with Crippen LogP contribution in [0.1, 0.15) is 25.2 Å². The van der Waals surface area contributed by atoms with Crippen molar-refractivity contribution in [2.45, 2.75) is 33.2 Å². The first-order chi connectivity index (χ1) is 11.0. The predicted molar refractivity (Wildman–Crippen MR) is 86.8 cm³/mol. The average Bonchev–Trinajstić information content (AvgIpc) is 2.90. The van der Waals surface area contributed by atoms with Crippen molar-refractivity contribution in [2.24, 2.45) is 5.92 Å². The fraction of sp³-hybridized carbons (Fsp3) is 0.353. The van der Waals surface area contributed by atoms with Crippen molar-refractivity contribution in [1.82, 2.24) is 10.5 Å². The molecule has 0 fully saturated rings. The topological polar surface area (TPSA) is 84.2 Å². The molecule has 1 atom stereocenters. The molecule has 122 valence electrons. The van der Waals surface area contributed by atoms with Gasteiger partial charge >= 0.3 is 0 Å². The molecule has 0 unspecified atom stereocenters. The highest BCUT2D eigenvalue weighted by atomic mass is 16.5. The van der Waals surface area contributed by atoms with E-state index in [2.05, 4.69) is 15.8 Å². The highest BCUT2D eigenvalue weighted by Gasteiger charge is 2.25. The summed E-state index contributed by atoms with van der Waals surface area (Å²) in [5, 5.41) is 9.16. The quantitative estimate of drug-likeness (QED) is 0.856. The maximum Gasteiger partial charge on any atom is 0.248 e. The maximum atomic E-state index is 12.3. The molecule has 1 aromatic heterocycles. The molecule has 0 saturated heterocycles. The summed E-state index contributed by atoms with van der Waals surface area (Å²) in [6, 6.07) is 10.4. The third kappa shape index (κ3) is 4.95. The molecule has 2 aromatic rings. The summed E-state index contributed by atoms with van der Waals surface area (Å²) in [6.45, 7) is 5.49. The second-order valence-corrected chi connectivity index (χ2v) is 5.76. The molecule has 0 aliphatic carbocycles. The van der Waals surface area contributed by atoms with Gasteiger partial charge in [0.1, 0.15) is 11.8 Å². The molecular weight excluding hydrogens is 294 g/mol. The van der Waals surface area contributed by atoms with Gasteiger partial charge in [0.05, 0.1) is 6.42 Å². The molecule has 0 saturated carbocycles. The standard InChI is InChI=1S/C17H21N3O3/c1-11(2)16(17(22)18-14-9-12(3)23-20-14)19-15(21)10-13-7-5-4-6-8-13/h4-9,11,16H,10H2,1-3H3,(H,19,21)(H,18,20,22)/t16-/m0/s1. The minimum Gasteiger partial charge on any atom is -0.360 e. The van der Waals surface area contributed by atoms with E-state index in [0.29, 0.717) is 11.6 Å². The summed E-state index contributed by atoms with van der Waals surface area (Å²) in [5.41, 5.74) is 0.903. The largest absolute Gasteiger partial charge is 0.360 e. The number of anilines is 1. The van der Waals surface area contributed by atoms with Crippen LogP contribution in [-0.2, 0) is 16.0 Å². The van der Waals surface area contributed by atoms with E-state index in [4.69, 9.17) is 4.52 Å². The summed E-state index contributed by atoms with van der Waals surface area (Å²) in [5.74, 6) is 0.392. The van der Waals surface area contributed by atoms with Crippen LogP contribution in [0.3, 0.4) is 0 Å². The zero-order valence-electron chi connectivity index (χ0n) is 13.5. The van der Waals surface area contributed by atoms with E-state index < -0.39 is 6.04 Å². The van der Waals surface area contributed by atoms with Crippen LogP contribution in [0.4, 0.5) is 5.82 Å². The van der Waals surface area contributed by atoms with E-state index in [9.17, 15) is 9.59 Å². The Bertz CT molecular complexity index is 665. The van der Waals surface area contributed by atoms with Crippen LogP contribution in [0.5, 0.6) is 0 Å². The number of hydrogen-bond acceptors (Lipinski definition) is 4. The van der Waals surface area contributed by atoms with Gasteiger partial charge in [-0.1, -0.05) is 49.3 Å². The van der Waals surface area contributed by atoms with Crippen LogP contribution >= 0.6 is 0 Å². The van der Waals surface area contributed by atoms with Gasteiger partial charge in [-0.15, -0.1) is 0 Å². The summed E-state index contributed by atoms with van der Waals surface area (Å²) in [7, 11) is 0. The van der Waals surface area contributed by atoms with Gasteiger partial charge in [0.2, 0.25) is 11.8 Å². The van der Waals surface area contributed by atoms with Crippen LogP contribution in [0.25, 0.3) is 0 Å². The Hall–Kier alpha value is -2.63. The van der Waals surface area contributed by atoms with Gasteiger partial charge in [0, 0.05) is 6.07 Å². The Morgan fingerprint density at radius 1 is 1.22 bits per heavy atom. The van der Waals surface area contributed by atoms with Gasteiger partial charge in [-0.2, -0.15) is 0 Å². The molecule has 0 spiro atoms. The number of rotatable bonds is 6. The fourth-order valence-electron chi connectivity index (χ4n) is 2.17. The number of carbonyl (C=O) groups is 2. The number of amides is 2. The molecule has 2 N–H and O–H groups in total. The molecule has 1 heterocycles. The smallest absolute Gasteiger partial charge is 0.248 e. The second-order valence-electron chi connectivity index (χ2n) is 5.76. The van der Waals surface area contributed by atoms with Crippen LogP contribution < -0.4 is 10.6 Å². The van der Waals surface area contributed by atoms with Crippen molar-refractivity contribution >= 4 is 17.6 Å². The summed E-state index contributed by atoms with van der Waals surface area (Å²) >= 11 is 0. The predicted octanol–water partition coefficient (Wildman–Crippen LogP) is 2.31. The van der Waals surface area contributed by atoms with Crippen molar-refractivity contribution in [3.05, 3.63) is 47.7 Å². The monoisotopic (exact) mass is 315 g/mol. The van der Waals surface area contributed by atoms with Crippen LogP contribution in [0.15, 0.2) is 40.9 Å². The van der Waals surface area contributed by atoms with Crippen molar-refractivity contribution in [3.8, 4) is 0 Å². The molecule has 6 heteroatoms. The molecule has 1 aromatic carbocycles. The SMILES string of the molecule is Cc1cc(NC(=O)[C@@H](NC(=O)Cc2ccccc2)C(C)C)no1. The van der Waals surface area contributed by atoms with Crippen molar-refractivity contribution in [1.29, 1.82) is 0 Å². The van der Waals surface area contributed by atoms with E-state index in [0.717, 1.165) is 5.56 Å². The molecule has 0 aliphatic heterocycles. The zero-order valence-corrected chi connectivity index (χ0v) is 13.5. The fourth-order valence-corrected chi connectivity index (χ4v) is 2.17. The number of aromatic nitrogens is 1. The first kappa shape index (κ1) is 16.7. The zero-order chi connectivity index (χ0) is 16.8. The Balaban J connectivity index is 1.97. The van der Waals surface area contributed by atoms with E-state index in [1.54, 1.807) is 13.0 Å². The maximum absolute atomic E-state index is 12.3. The molecule has 2 amide bonds. The molecule has 6 nitrogen and oxygen atoms in total. The van der Waals surface area contributed by atoms with Crippen molar-refractivity contribution < 1.29 is 14.1 Å². The average molecular weight is 315 g/mol. The van der Waals surface area contributed by atoms with Gasteiger partial charge in [-0.25, -0.2) is 0 Å². The molecule has 0 bridgehead atoms. The highest BCUT2D eigenvalue weighted by Crippen LogP contribution is 2.10. The van der Waals surface area contributed by atoms with E-state index in [-0.39, 0.29) is 24.2 Å². The minimum absolute atomic E-state index is 0.0530. The summed E-state index contributed by atoms with van der Waals surface area (Å²) < 4.78 is 4.91. The van der Waals surface area contributed by atoms with E-state index in [1.807, 2.05) is 44.2 Å². The Kier molecular flexibility index (Phi) is 5.51. The van der Waals surface area contributed by atoms with Gasteiger partial charge < -0.3 is 15.2 Å². The normalized spacial score (nSPS) is 12.0. The second kappa shape index (κ2) is 7.58. The minimum atomic E-state index is -0.636. The third-order valence-electron chi connectivity index (χ3n) is 3.35. The van der Waals surface area contributed by atoms with Crippen molar-refractivity contribution in [3.63, 3.8) is 0 Å². The summed E-state index contributed by atoms with van der Waals surface area (Å²) in [6.07, 6.45) is 0.237. The van der Waals surface area contributed by atoms with Gasteiger partial charge in [-0.05, 0) is 18.4 Å². The number of hydrogen-bond donors (Lipinski definition) is 2. The highest BCUT2D eigenvalue weighted by molar-refractivity contribution is 5.96. The number of benzene rings is 1. The van der Waals surface area contributed by atoms with Crippen LogP contribution in [-0.4, -0.2) is 23.0 Å².